The minimum Gasteiger partial charge on any atom is -0.477 e. The number of carbonyl (C=O) groups excluding carboxylic acids is 1. The SMILES string of the molecule is CC(C(=O)N1CCC(c2ncc(C(=O)O)s2)CC1)n1cccn1. The van der Waals surface area contributed by atoms with Gasteiger partial charge in [0.2, 0.25) is 5.91 Å². The van der Waals surface area contributed by atoms with Crippen molar-refractivity contribution in [1.82, 2.24) is 19.7 Å². The standard InChI is InChI=1S/C15H18N4O3S/c1-10(19-6-2-5-17-19)14(20)18-7-3-11(4-8-18)13-16-9-12(23-13)15(21)22/h2,5-6,9-11H,3-4,7-8H2,1H3,(H,21,22). The van der Waals surface area contributed by atoms with E-state index in [1.54, 1.807) is 23.1 Å². The number of amides is 1. The van der Waals surface area contributed by atoms with E-state index in [1.165, 1.54) is 17.5 Å². The highest BCUT2D eigenvalue weighted by molar-refractivity contribution is 7.13. The smallest absolute Gasteiger partial charge is 0.347 e. The van der Waals surface area contributed by atoms with Crippen LogP contribution in [-0.4, -0.2) is 49.7 Å². The molecule has 0 bridgehead atoms. The number of nitrogens with zero attached hydrogens (tertiary/aromatic N) is 4. The third-order valence-corrected chi connectivity index (χ3v) is 5.32. The molecule has 0 saturated carbocycles. The van der Waals surface area contributed by atoms with Gasteiger partial charge in [-0.05, 0) is 25.8 Å². The van der Waals surface area contributed by atoms with E-state index in [9.17, 15) is 9.59 Å². The van der Waals surface area contributed by atoms with Crippen LogP contribution in [0.4, 0.5) is 0 Å². The van der Waals surface area contributed by atoms with Gasteiger partial charge in [0.15, 0.2) is 0 Å². The Bertz CT molecular complexity index is 689. The Labute approximate surface area is 137 Å². The van der Waals surface area contributed by atoms with E-state index < -0.39 is 5.97 Å². The average Bonchev–Trinajstić information content (AvgIpc) is 3.25. The third kappa shape index (κ3) is 3.26. The molecular formula is C15H18N4O3S. The molecule has 1 saturated heterocycles. The molecule has 8 heteroatoms. The lowest BCUT2D eigenvalue weighted by atomic mass is 9.97. The van der Waals surface area contributed by atoms with Crippen molar-refractivity contribution in [2.24, 2.45) is 0 Å². The van der Waals surface area contributed by atoms with E-state index in [-0.39, 0.29) is 22.7 Å². The number of rotatable bonds is 4. The van der Waals surface area contributed by atoms with Crippen molar-refractivity contribution >= 4 is 23.2 Å². The number of thiazole rings is 1. The topological polar surface area (TPSA) is 88.3 Å². The van der Waals surface area contributed by atoms with Gasteiger partial charge in [-0.1, -0.05) is 0 Å². The first-order chi connectivity index (χ1) is 11.1. The monoisotopic (exact) mass is 334 g/mol. The second kappa shape index (κ2) is 6.49. The van der Waals surface area contributed by atoms with Crippen LogP contribution < -0.4 is 0 Å². The van der Waals surface area contributed by atoms with E-state index in [0.717, 1.165) is 17.8 Å². The van der Waals surface area contributed by atoms with Gasteiger partial charge in [0.1, 0.15) is 10.9 Å². The zero-order chi connectivity index (χ0) is 16.4. The summed E-state index contributed by atoms with van der Waals surface area (Å²) in [5.41, 5.74) is 0. The highest BCUT2D eigenvalue weighted by atomic mass is 32.1. The van der Waals surface area contributed by atoms with Crippen LogP contribution in [0.1, 0.15) is 46.4 Å². The quantitative estimate of drug-likeness (QED) is 0.924. The van der Waals surface area contributed by atoms with Crippen LogP contribution in [0.5, 0.6) is 0 Å². The lowest BCUT2D eigenvalue weighted by Gasteiger charge is -2.32. The molecule has 1 aliphatic rings. The van der Waals surface area contributed by atoms with Gasteiger partial charge in [0, 0.05) is 31.4 Å². The van der Waals surface area contributed by atoms with Crippen molar-refractivity contribution in [3.8, 4) is 0 Å². The number of carboxylic acid groups (broad SMARTS) is 1. The fraction of sp³-hybridized carbons (Fsp3) is 0.467. The van der Waals surface area contributed by atoms with E-state index >= 15 is 0 Å². The Balaban J connectivity index is 1.59. The van der Waals surface area contributed by atoms with Crippen molar-refractivity contribution in [3.05, 3.63) is 34.5 Å². The number of hydrogen-bond donors (Lipinski definition) is 1. The molecule has 1 fully saturated rings. The maximum absolute atomic E-state index is 12.5. The minimum atomic E-state index is -0.936. The molecule has 1 amide bonds. The highest BCUT2D eigenvalue weighted by Crippen LogP contribution is 2.31. The number of likely N-dealkylation sites (tertiary alicyclic amines) is 1. The lowest BCUT2D eigenvalue weighted by Crippen LogP contribution is -2.41. The van der Waals surface area contributed by atoms with Gasteiger partial charge in [0.25, 0.3) is 0 Å². The van der Waals surface area contributed by atoms with Crippen molar-refractivity contribution in [3.63, 3.8) is 0 Å². The molecule has 1 aliphatic heterocycles. The average molecular weight is 334 g/mol. The van der Waals surface area contributed by atoms with Crippen molar-refractivity contribution < 1.29 is 14.7 Å². The normalized spacial score (nSPS) is 17.2. The Morgan fingerprint density at radius 3 is 2.70 bits per heavy atom. The van der Waals surface area contributed by atoms with Crippen molar-refractivity contribution in [2.75, 3.05) is 13.1 Å². The van der Waals surface area contributed by atoms with Crippen LogP contribution in [0.15, 0.2) is 24.7 Å². The van der Waals surface area contributed by atoms with E-state index in [1.807, 2.05) is 11.8 Å². The summed E-state index contributed by atoms with van der Waals surface area (Å²) in [4.78, 5) is 29.8. The van der Waals surface area contributed by atoms with Crippen LogP contribution in [-0.2, 0) is 4.79 Å². The molecule has 23 heavy (non-hydrogen) atoms. The number of aromatic carboxylic acids is 1. The number of piperidine rings is 1. The van der Waals surface area contributed by atoms with Gasteiger partial charge >= 0.3 is 5.97 Å². The van der Waals surface area contributed by atoms with Gasteiger partial charge in [-0.2, -0.15) is 5.10 Å². The maximum atomic E-state index is 12.5. The zero-order valence-electron chi connectivity index (χ0n) is 12.8. The van der Waals surface area contributed by atoms with Gasteiger partial charge in [-0.15, -0.1) is 11.3 Å². The summed E-state index contributed by atoms with van der Waals surface area (Å²) in [6.45, 7) is 3.18. The number of hydrogen-bond acceptors (Lipinski definition) is 5. The van der Waals surface area contributed by atoms with Gasteiger partial charge in [-0.25, -0.2) is 9.78 Å². The summed E-state index contributed by atoms with van der Waals surface area (Å²) in [7, 11) is 0. The summed E-state index contributed by atoms with van der Waals surface area (Å²) in [5.74, 6) is -0.635. The Morgan fingerprint density at radius 1 is 1.39 bits per heavy atom. The fourth-order valence-electron chi connectivity index (χ4n) is 2.81. The van der Waals surface area contributed by atoms with E-state index in [0.29, 0.717) is 13.1 Å². The number of carbonyl (C=O) groups is 2. The first-order valence-electron chi connectivity index (χ1n) is 7.53. The molecule has 3 heterocycles. The molecule has 1 unspecified atom stereocenters. The Hall–Kier alpha value is -2.22. The molecule has 0 spiro atoms. The fourth-order valence-corrected chi connectivity index (χ4v) is 3.73. The molecule has 3 rings (SSSR count). The largest absolute Gasteiger partial charge is 0.477 e. The van der Waals surface area contributed by atoms with E-state index in [2.05, 4.69) is 10.1 Å². The molecular weight excluding hydrogens is 316 g/mol. The van der Waals surface area contributed by atoms with Crippen LogP contribution in [0.3, 0.4) is 0 Å². The molecule has 0 aliphatic carbocycles. The van der Waals surface area contributed by atoms with Crippen LogP contribution in [0.2, 0.25) is 0 Å². The Kier molecular flexibility index (Phi) is 4.42. The van der Waals surface area contributed by atoms with Gasteiger partial charge in [-0.3, -0.25) is 9.48 Å². The van der Waals surface area contributed by atoms with E-state index in [4.69, 9.17) is 5.11 Å². The molecule has 0 aromatic carbocycles. The third-order valence-electron chi connectivity index (χ3n) is 4.17. The predicted octanol–water partition coefficient (Wildman–Crippen LogP) is 2.00. The second-order valence-corrected chi connectivity index (χ2v) is 6.69. The summed E-state index contributed by atoms with van der Waals surface area (Å²) in [6.07, 6.45) is 6.49. The van der Waals surface area contributed by atoms with Gasteiger partial charge < -0.3 is 10.0 Å². The molecule has 2 aromatic heterocycles. The van der Waals surface area contributed by atoms with Crippen molar-refractivity contribution in [1.29, 1.82) is 0 Å². The molecule has 122 valence electrons. The first-order valence-corrected chi connectivity index (χ1v) is 8.35. The summed E-state index contributed by atoms with van der Waals surface area (Å²) in [5, 5.41) is 13.9. The predicted molar refractivity (Wildman–Crippen MR) is 84.6 cm³/mol. The maximum Gasteiger partial charge on any atom is 0.347 e. The highest BCUT2D eigenvalue weighted by Gasteiger charge is 2.29. The summed E-state index contributed by atoms with van der Waals surface area (Å²) in [6, 6.07) is 1.50. The van der Waals surface area contributed by atoms with Crippen molar-refractivity contribution in [2.45, 2.75) is 31.7 Å². The molecule has 0 radical (unpaired) electrons. The van der Waals surface area contributed by atoms with Crippen LogP contribution >= 0.6 is 11.3 Å². The summed E-state index contributed by atoms with van der Waals surface area (Å²) < 4.78 is 1.66. The molecule has 7 nitrogen and oxygen atoms in total. The number of aromatic nitrogens is 3. The van der Waals surface area contributed by atoms with Crippen LogP contribution in [0.25, 0.3) is 0 Å². The molecule has 2 aromatic rings. The van der Waals surface area contributed by atoms with Gasteiger partial charge in [0.05, 0.1) is 11.2 Å². The Morgan fingerprint density at radius 2 is 2.13 bits per heavy atom. The minimum absolute atomic E-state index is 0.0671. The summed E-state index contributed by atoms with van der Waals surface area (Å²) >= 11 is 1.23. The second-order valence-electron chi connectivity index (χ2n) is 5.63. The zero-order valence-corrected chi connectivity index (χ0v) is 13.6. The van der Waals surface area contributed by atoms with Crippen LogP contribution in [0, 0.1) is 0 Å². The first kappa shape index (κ1) is 15.7. The molecule has 1 atom stereocenters. The number of carboxylic acids is 1. The molecule has 1 N–H and O–H groups in total. The lowest BCUT2D eigenvalue weighted by molar-refractivity contribution is -0.135.